The molecular weight excluding hydrogens is 356 g/mol. The maximum atomic E-state index is 13.1. The number of benzene rings is 2. The van der Waals surface area contributed by atoms with E-state index in [1.807, 2.05) is 60.7 Å². The molecule has 0 saturated heterocycles. The Bertz CT molecular complexity index is 1200. The van der Waals surface area contributed by atoms with E-state index in [1.54, 1.807) is 12.4 Å². The number of pyridine rings is 2. The van der Waals surface area contributed by atoms with E-state index in [1.165, 1.54) is 0 Å². The fourth-order valence-corrected chi connectivity index (χ4v) is 3.95. The molecule has 0 N–H and O–H groups in total. The van der Waals surface area contributed by atoms with Crippen molar-refractivity contribution >= 4 is 39.7 Å². The van der Waals surface area contributed by atoms with Gasteiger partial charge >= 0.3 is 0 Å². The Hall–Kier alpha value is -3.59. The van der Waals surface area contributed by atoms with Gasteiger partial charge in [-0.25, -0.2) is 0 Å². The Morgan fingerprint density at radius 3 is 1.72 bits per heavy atom. The lowest BCUT2D eigenvalue weighted by molar-refractivity contribution is -0.112. The van der Waals surface area contributed by atoms with Crippen molar-refractivity contribution in [2.45, 2.75) is 19.3 Å². The Kier molecular flexibility index (Phi) is 4.49. The number of hydrogen-bond donors (Lipinski definition) is 0. The predicted octanol–water partition coefficient (Wildman–Crippen LogP) is 6.00. The highest BCUT2D eigenvalue weighted by atomic mass is 16.1. The lowest BCUT2D eigenvalue weighted by Crippen LogP contribution is -2.12. The standard InChI is InChI=1S/C26H20N2O/c29-26-22(16-18-8-10-24-20(14-18)6-2-12-27-24)4-1-5-23(26)17-19-9-11-25-21(15-19)7-3-13-28-25/h2-3,6-17H,1,4-5H2/b22-16-,23-17-. The van der Waals surface area contributed by atoms with Crippen LogP contribution in [0.4, 0.5) is 0 Å². The monoisotopic (exact) mass is 376 g/mol. The number of allylic oxidation sites excluding steroid dienone is 2. The van der Waals surface area contributed by atoms with Crippen molar-refractivity contribution in [3.05, 3.63) is 95.3 Å². The first-order valence-corrected chi connectivity index (χ1v) is 9.92. The molecular formula is C26H20N2O. The molecule has 3 nitrogen and oxygen atoms in total. The van der Waals surface area contributed by atoms with Crippen LogP contribution in [0.5, 0.6) is 0 Å². The highest BCUT2D eigenvalue weighted by Gasteiger charge is 2.20. The van der Waals surface area contributed by atoms with Crippen LogP contribution in [-0.2, 0) is 4.79 Å². The highest BCUT2D eigenvalue weighted by Crippen LogP contribution is 2.29. The van der Waals surface area contributed by atoms with E-state index in [2.05, 4.69) is 22.1 Å². The van der Waals surface area contributed by atoms with Crippen molar-refractivity contribution in [1.29, 1.82) is 0 Å². The number of aromatic nitrogens is 2. The topological polar surface area (TPSA) is 42.9 Å². The average molecular weight is 376 g/mol. The number of carbonyl (C=O) groups is 1. The van der Waals surface area contributed by atoms with Gasteiger partial charge in [0.05, 0.1) is 11.0 Å². The molecule has 0 radical (unpaired) electrons. The minimum Gasteiger partial charge on any atom is -0.289 e. The van der Waals surface area contributed by atoms with Gasteiger partial charge in [0.2, 0.25) is 0 Å². The van der Waals surface area contributed by atoms with Crippen LogP contribution in [-0.4, -0.2) is 15.8 Å². The van der Waals surface area contributed by atoms with Crippen molar-refractivity contribution in [3.8, 4) is 0 Å². The summed E-state index contributed by atoms with van der Waals surface area (Å²) in [5.41, 5.74) is 5.80. The Morgan fingerprint density at radius 1 is 0.690 bits per heavy atom. The van der Waals surface area contributed by atoms with Crippen molar-refractivity contribution in [2.75, 3.05) is 0 Å². The molecule has 1 saturated carbocycles. The van der Waals surface area contributed by atoms with Gasteiger partial charge in [-0.2, -0.15) is 0 Å². The fraction of sp³-hybridized carbons (Fsp3) is 0.115. The molecule has 0 atom stereocenters. The zero-order valence-electron chi connectivity index (χ0n) is 16.0. The normalized spacial score (nSPS) is 17.4. The minimum atomic E-state index is 0.161. The molecule has 0 spiro atoms. The smallest absolute Gasteiger partial charge is 0.185 e. The summed E-state index contributed by atoms with van der Waals surface area (Å²) in [5.74, 6) is 0.161. The SMILES string of the molecule is O=C1/C(=C\c2ccc3ncccc3c2)CCC/C1=C/c1ccc2ncccc2c1. The highest BCUT2D eigenvalue weighted by molar-refractivity contribution is 6.14. The van der Waals surface area contributed by atoms with Gasteiger partial charge in [0.1, 0.15) is 0 Å². The number of ketones is 1. The predicted molar refractivity (Wildman–Crippen MR) is 118 cm³/mol. The van der Waals surface area contributed by atoms with Gasteiger partial charge in [-0.3, -0.25) is 14.8 Å². The number of nitrogens with zero attached hydrogens (tertiary/aromatic N) is 2. The van der Waals surface area contributed by atoms with Gasteiger partial charge in [-0.1, -0.05) is 24.3 Å². The maximum absolute atomic E-state index is 13.1. The number of fused-ring (bicyclic) bond motifs is 2. The Morgan fingerprint density at radius 2 is 1.21 bits per heavy atom. The molecule has 1 aliphatic carbocycles. The lowest BCUT2D eigenvalue weighted by Gasteiger charge is -2.17. The molecule has 3 heteroatoms. The van der Waals surface area contributed by atoms with Gasteiger partial charge in [0.25, 0.3) is 0 Å². The third kappa shape index (κ3) is 3.59. The summed E-state index contributed by atoms with van der Waals surface area (Å²) in [5, 5.41) is 2.18. The molecule has 2 aromatic carbocycles. The number of Topliss-reactive ketones (excluding diaryl/α,β-unsaturated/α-hetero) is 1. The van der Waals surface area contributed by atoms with E-state index in [0.717, 1.165) is 63.3 Å². The van der Waals surface area contributed by atoms with Crippen LogP contribution in [0.3, 0.4) is 0 Å². The van der Waals surface area contributed by atoms with Gasteiger partial charge in [-0.15, -0.1) is 0 Å². The van der Waals surface area contributed by atoms with E-state index in [4.69, 9.17) is 0 Å². The van der Waals surface area contributed by atoms with E-state index in [9.17, 15) is 4.79 Å². The lowest BCUT2D eigenvalue weighted by atomic mass is 9.86. The summed E-state index contributed by atoms with van der Waals surface area (Å²) in [6.45, 7) is 0. The Labute approximate surface area is 169 Å². The first-order valence-electron chi connectivity index (χ1n) is 9.92. The zero-order valence-corrected chi connectivity index (χ0v) is 16.0. The first kappa shape index (κ1) is 17.5. The fourth-order valence-electron chi connectivity index (χ4n) is 3.95. The second-order valence-electron chi connectivity index (χ2n) is 7.43. The third-order valence-electron chi connectivity index (χ3n) is 5.41. The van der Waals surface area contributed by atoms with E-state index >= 15 is 0 Å². The zero-order chi connectivity index (χ0) is 19.6. The van der Waals surface area contributed by atoms with Crippen LogP contribution < -0.4 is 0 Å². The van der Waals surface area contributed by atoms with Gasteiger partial charge in [-0.05, 0) is 78.9 Å². The maximum Gasteiger partial charge on any atom is 0.185 e. The summed E-state index contributed by atoms with van der Waals surface area (Å²) in [4.78, 5) is 21.8. The largest absolute Gasteiger partial charge is 0.289 e. The van der Waals surface area contributed by atoms with Crippen LogP contribution in [0.15, 0.2) is 84.2 Å². The molecule has 0 unspecified atom stereocenters. The summed E-state index contributed by atoms with van der Waals surface area (Å²) >= 11 is 0. The average Bonchev–Trinajstić information content (AvgIpc) is 2.76. The number of rotatable bonds is 2. The van der Waals surface area contributed by atoms with Gasteiger partial charge < -0.3 is 0 Å². The van der Waals surface area contributed by atoms with Crippen molar-refractivity contribution in [2.24, 2.45) is 0 Å². The molecule has 1 fully saturated rings. The molecule has 2 heterocycles. The molecule has 5 rings (SSSR count). The number of hydrogen-bond acceptors (Lipinski definition) is 3. The van der Waals surface area contributed by atoms with E-state index < -0.39 is 0 Å². The first-order chi connectivity index (χ1) is 14.3. The molecule has 29 heavy (non-hydrogen) atoms. The second-order valence-corrected chi connectivity index (χ2v) is 7.43. The molecule has 140 valence electrons. The van der Waals surface area contributed by atoms with Crippen molar-refractivity contribution < 1.29 is 4.79 Å². The van der Waals surface area contributed by atoms with Crippen LogP contribution in [0, 0.1) is 0 Å². The van der Waals surface area contributed by atoms with Gasteiger partial charge in [0.15, 0.2) is 5.78 Å². The molecule has 0 amide bonds. The molecule has 1 aliphatic rings. The molecule has 0 bridgehead atoms. The second kappa shape index (κ2) is 7.44. The van der Waals surface area contributed by atoms with Crippen LogP contribution in [0.25, 0.3) is 34.0 Å². The molecule has 2 aromatic heterocycles. The van der Waals surface area contributed by atoms with E-state index in [-0.39, 0.29) is 5.78 Å². The van der Waals surface area contributed by atoms with Crippen molar-refractivity contribution in [1.82, 2.24) is 9.97 Å². The number of carbonyl (C=O) groups excluding carboxylic acids is 1. The molecule has 4 aromatic rings. The van der Waals surface area contributed by atoms with Crippen molar-refractivity contribution in [3.63, 3.8) is 0 Å². The van der Waals surface area contributed by atoms with E-state index in [0.29, 0.717) is 0 Å². The molecule has 0 aliphatic heterocycles. The quantitative estimate of drug-likeness (QED) is 0.403. The summed E-state index contributed by atoms with van der Waals surface area (Å²) in [6.07, 6.45) is 10.3. The minimum absolute atomic E-state index is 0.161. The van der Waals surface area contributed by atoms with Crippen LogP contribution in [0.2, 0.25) is 0 Å². The Balaban J connectivity index is 1.47. The van der Waals surface area contributed by atoms with Crippen LogP contribution >= 0.6 is 0 Å². The third-order valence-corrected chi connectivity index (χ3v) is 5.41. The summed E-state index contributed by atoms with van der Waals surface area (Å²) in [7, 11) is 0. The summed E-state index contributed by atoms with van der Waals surface area (Å²) < 4.78 is 0. The van der Waals surface area contributed by atoms with Crippen LogP contribution in [0.1, 0.15) is 30.4 Å². The van der Waals surface area contributed by atoms with Gasteiger partial charge in [0, 0.05) is 34.3 Å². The summed E-state index contributed by atoms with van der Waals surface area (Å²) in [6, 6.07) is 20.2.